The van der Waals surface area contributed by atoms with Crippen molar-refractivity contribution in [3.63, 3.8) is 0 Å². The van der Waals surface area contributed by atoms with Gasteiger partial charge in [0, 0.05) is 0 Å². The van der Waals surface area contributed by atoms with Gasteiger partial charge < -0.3 is 14.6 Å². The van der Waals surface area contributed by atoms with Crippen LogP contribution in [-0.2, 0) is 19.1 Å². The van der Waals surface area contributed by atoms with E-state index in [0.717, 1.165) is 11.1 Å². The quantitative estimate of drug-likeness (QED) is 0.413. The molecule has 1 saturated carbocycles. The number of ether oxygens (including phenoxy) is 2. The summed E-state index contributed by atoms with van der Waals surface area (Å²) in [5, 5.41) is 10.3. The number of rotatable bonds is 8. The summed E-state index contributed by atoms with van der Waals surface area (Å²) in [5.41, 5.74) is 0.574. The van der Waals surface area contributed by atoms with E-state index in [1.807, 2.05) is 55.5 Å². The second-order valence-electron chi connectivity index (χ2n) is 6.96. The maximum Gasteiger partial charge on any atom is 0.323 e. The lowest BCUT2D eigenvalue weighted by atomic mass is 9.85. The maximum atomic E-state index is 12.6. The number of esters is 2. The van der Waals surface area contributed by atoms with Crippen LogP contribution in [0.3, 0.4) is 0 Å². The van der Waals surface area contributed by atoms with E-state index in [1.165, 1.54) is 0 Å². The zero-order valence-corrected chi connectivity index (χ0v) is 16.9. The highest BCUT2D eigenvalue weighted by Crippen LogP contribution is 2.48. The van der Waals surface area contributed by atoms with Gasteiger partial charge in [-0.25, -0.2) is 0 Å². The number of carbonyl (C=O) groups excluding carboxylic acids is 2. The van der Waals surface area contributed by atoms with Crippen LogP contribution >= 0.6 is 0 Å². The van der Waals surface area contributed by atoms with Crippen molar-refractivity contribution >= 4 is 11.9 Å². The Morgan fingerprint density at radius 2 is 1.79 bits per heavy atom. The second-order valence-corrected chi connectivity index (χ2v) is 6.96. The first-order valence-electron chi connectivity index (χ1n) is 9.87. The molecule has 1 N–H and O–H groups in total. The van der Waals surface area contributed by atoms with E-state index >= 15 is 0 Å². The molecule has 1 fully saturated rings. The lowest BCUT2D eigenvalue weighted by Crippen LogP contribution is -2.40. The van der Waals surface area contributed by atoms with E-state index in [0.29, 0.717) is 19.3 Å². The summed E-state index contributed by atoms with van der Waals surface area (Å²) in [6.07, 6.45) is 6.33. The standard InChI is InChI=1S/C23H30O5/c1-4-17-15-23(21(25)27-5-2,22(26)28-6-3)16-19(17)13-10-14-20(24)18-11-8-7-9-12-18/h4,7-13,19-20,24H,5-6,14-16H2,1-3H3/b13-10+,17-4+/t19-,20+/m0/s1. The first kappa shape index (κ1) is 21.9. The minimum absolute atomic E-state index is 0.0678. The number of hydrogen-bond donors (Lipinski definition) is 1. The monoisotopic (exact) mass is 386 g/mol. The molecule has 0 aliphatic heterocycles. The molecule has 5 heteroatoms. The van der Waals surface area contributed by atoms with Gasteiger partial charge in [-0.05, 0) is 51.5 Å². The van der Waals surface area contributed by atoms with Crippen LogP contribution in [0.1, 0.15) is 51.7 Å². The molecule has 0 saturated heterocycles. The zero-order chi connectivity index (χ0) is 20.6. The molecule has 0 heterocycles. The number of aliphatic hydroxyl groups excluding tert-OH is 1. The summed E-state index contributed by atoms with van der Waals surface area (Å²) in [4.78, 5) is 25.3. The smallest absolute Gasteiger partial charge is 0.323 e. The van der Waals surface area contributed by atoms with Crippen LogP contribution in [-0.4, -0.2) is 30.3 Å². The lowest BCUT2D eigenvalue weighted by Gasteiger charge is -2.24. The summed E-state index contributed by atoms with van der Waals surface area (Å²) in [6, 6.07) is 9.47. The van der Waals surface area contributed by atoms with Crippen LogP contribution in [0, 0.1) is 11.3 Å². The van der Waals surface area contributed by atoms with Crippen molar-refractivity contribution in [3.05, 3.63) is 59.7 Å². The van der Waals surface area contributed by atoms with E-state index in [9.17, 15) is 14.7 Å². The summed E-state index contributed by atoms with van der Waals surface area (Å²) in [7, 11) is 0. The molecular weight excluding hydrogens is 356 g/mol. The summed E-state index contributed by atoms with van der Waals surface area (Å²) < 4.78 is 10.4. The molecule has 5 nitrogen and oxygen atoms in total. The lowest BCUT2D eigenvalue weighted by molar-refractivity contribution is -0.171. The second kappa shape index (κ2) is 10.2. The number of aliphatic hydroxyl groups is 1. The molecule has 152 valence electrons. The molecule has 28 heavy (non-hydrogen) atoms. The first-order chi connectivity index (χ1) is 13.5. The van der Waals surface area contributed by atoms with Crippen LogP contribution in [0.4, 0.5) is 0 Å². The fourth-order valence-electron chi connectivity index (χ4n) is 3.68. The van der Waals surface area contributed by atoms with Crippen LogP contribution in [0.2, 0.25) is 0 Å². The highest BCUT2D eigenvalue weighted by molar-refractivity contribution is 6.01. The van der Waals surface area contributed by atoms with Crippen molar-refractivity contribution < 1.29 is 24.2 Å². The van der Waals surface area contributed by atoms with Crippen molar-refractivity contribution in [2.24, 2.45) is 11.3 Å². The zero-order valence-electron chi connectivity index (χ0n) is 16.9. The van der Waals surface area contributed by atoms with Gasteiger partial charge in [0.2, 0.25) is 0 Å². The summed E-state index contributed by atoms with van der Waals surface area (Å²) in [5.74, 6) is -1.11. The predicted octanol–water partition coefficient (Wildman–Crippen LogP) is 4.14. The minimum atomic E-state index is -1.29. The Morgan fingerprint density at radius 1 is 1.18 bits per heavy atom. The average Bonchev–Trinajstić information content (AvgIpc) is 3.09. The molecule has 1 aliphatic carbocycles. The topological polar surface area (TPSA) is 72.8 Å². The van der Waals surface area contributed by atoms with Crippen LogP contribution in [0.5, 0.6) is 0 Å². The van der Waals surface area contributed by atoms with Crippen molar-refractivity contribution in [2.45, 2.75) is 46.1 Å². The Labute approximate surface area is 167 Å². The van der Waals surface area contributed by atoms with Gasteiger partial charge in [0.25, 0.3) is 0 Å². The van der Waals surface area contributed by atoms with Gasteiger partial charge in [-0.1, -0.05) is 54.1 Å². The van der Waals surface area contributed by atoms with E-state index in [4.69, 9.17) is 9.47 Å². The Balaban J connectivity index is 2.16. The molecule has 1 aliphatic rings. The molecule has 1 aromatic carbocycles. The Kier molecular flexibility index (Phi) is 8.00. The predicted molar refractivity (Wildman–Crippen MR) is 107 cm³/mol. The fraction of sp³-hybridized carbons (Fsp3) is 0.478. The van der Waals surface area contributed by atoms with E-state index in [2.05, 4.69) is 0 Å². The van der Waals surface area contributed by atoms with Gasteiger partial charge in [0.15, 0.2) is 5.41 Å². The number of allylic oxidation sites excluding steroid dienone is 3. The normalized spacial score (nSPS) is 21.0. The Hall–Kier alpha value is -2.40. The summed E-state index contributed by atoms with van der Waals surface area (Å²) in [6.45, 7) is 5.79. The van der Waals surface area contributed by atoms with Gasteiger partial charge in [0.1, 0.15) is 0 Å². The van der Waals surface area contributed by atoms with Gasteiger partial charge >= 0.3 is 11.9 Å². The van der Waals surface area contributed by atoms with E-state index in [1.54, 1.807) is 13.8 Å². The van der Waals surface area contributed by atoms with Gasteiger partial charge in [0.05, 0.1) is 19.3 Å². The molecule has 0 radical (unpaired) electrons. The third-order valence-electron chi connectivity index (χ3n) is 5.17. The molecule has 0 bridgehead atoms. The molecule has 0 aromatic heterocycles. The van der Waals surface area contributed by atoms with Gasteiger partial charge in [-0.2, -0.15) is 0 Å². The van der Waals surface area contributed by atoms with E-state index < -0.39 is 23.5 Å². The Morgan fingerprint density at radius 3 is 2.32 bits per heavy atom. The maximum absolute atomic E-state index is 12.6. The van der Waals surface area contributed by atoms with Crippen molar-refractivity contribution in [1.29, 1.82) is 0 Å². The molecule has 2 rings (SSSR count). The first-order valence-corrected chi connectivity index (χ1v) is 9.87. The van der Waals surface area contributed by atoms with Crippen molar-refractivity contribution in [1.82, 2.24) is 0 Å². The van der Waals surface area contributed by atoms with Crippen LogP contribution in [0.15, 0.2) is 54.1 Å². The SMILES string of the molecule is C/C=C1\CC(C(=O)OCC)(C(=O)OCC)C[C@@H]1/C=C/C[C@@H](O)c1ccccc1. The average molecular weight is 386 g/mol. The number of carbonyl (C=O) groups is 2. The number of hydrogen-bond acceptors (Lipinski definition) is 5. The highest BCUT2D eigenvalue weighted by Gasteiger charge is 2.55. The largest absolute Gasteiger partial charge is 0.465 e. The molecule has 0 spiro atoms. The molecule has 1 aromatic rings. The molecule has 2 atom stereocenters. The van der Waals surface area contributed by atoms with E-state index in [-0.39, 0.29) is 19.1 Å². The highest BCUT2D eigenvalue weighted by atomic mass is 16.6. The molecular formula is C23H30O5. The molecule has 0 unspecified atom stereocenters. The van der Waals surface area contributed by atoms with Crippen LogP contribution < -0.4 is 0 Å². The molecule has 0 amide bonds. The Bertz CT molecular complexity index is 702. The fourth-order valence-corrected chi connectivity index (χ4v) is 3.68. The third kappa shape index (κ3) is 4.90. The van der Waals surface area contributed by atoms with Gasteiger partial charge in [-0.3, -0.25) is 9.59 Å². The number of benzene rings is 1. The van der Waals surface area contributed by atoms with Crippen molar-refractivity contribution in [3.8, 4) is 0 Å². The van der Waals surface area contributed by atoms with Gasteiger partial charge in [-0.15, -0.1) is 0 Å². The van der Waals surface area contributed by atoms with Crippen molar-refractivity contribution in [2.75, 3.05) is 13.2 Å². The minimum Gasteiger partial charge on any atom is -0.465 e. The third-order valence-corrected chi connectivity index (χ3v) is 5.17. The summed E-state index contributed by atoms with van der Waals surface area (Å²) >= 11 is 0. The van der Waals surface area contributed by atoms with Crippen LogP contribution in [0.25, 0.3) is 0 Å².